The lowest BCUT2D eigenvalue weighted by Crippen LogP contribution is -2.33. The number of hydrogen-bond acceptors (Lipinski definition) is 6. The van der Waals surface area contributed by atoms with E-state index in [1.807, 2.05) is 24.3 Å². The highest BCUT2D eigenvalue weighted by molar-refractivity contribution is 6.13. The fraction of sp³-hybridized carbons (Fsp3) is 0.269. The van der Waals surface area contributed by atoms with Gasteiger partial charge in [0.2, 0.25) is 6.79 Å². The lowest BCUT2D eigenvalue weighted by atomic mass is 9.67. The van der Waals surface area contributed by atoms with Crippen LogP contribution in [0.25, 0.3) is 16.3 Å². The molecule has 6 rings (SSSR count). The average Bonchev–Trinajstić information content (AvgIpc) is 3.24. The summed E-state index contributed by atoms with van der Waals surface area (Å²) in [5.74, 6) is 0.815. The minimum Gasteiger partial charge on any atom is -0.454 e. The summed E-state index contributed by atoms with van der Waals surface area (Å²) in [7, 11) is 0. The normalized spacial score (nSPS) is 20.3. The molecule has 1 atom stereocenters. The molecular formula is C26H22N2O5. The molecule has 3 aromatic rings. The summed E-state index contributed by atoms with van der Waals surface area (Å²) in [5, 5.41) is 17.6. The second-order valence-corrected chi connectivity index (χ2v) is 9.64. The molecule has 0 saturated carbocycles. The number of carbonyl (C=O) groups is 1. The van der Waals surface area contributed by atoms with E-state index in [0.29, 0.717) is 35.5 Å². The minimum absolute atomic E-state index is 0.0178. The van der Waals surface area contributed by atoms with Crippen molar-refractivity contribution in [3.05, 3.63) is 75.3 Å². The topological polar surface area (TPSA) is 90.7 Å². The van der Waals surface area contributed by atoms with Crippen LogP contribution in [0.15, 0.2) is 54.1 Å². The Morgan fingerprint density at radius 3 is 2.61 bits per heavy atom. The molecule has 2 heterocycles. The first-order valence-electron chi connectivity index (χ1n) is 11.0. The van der Waals surface area contributed by atoms with Gasteiger partial charge in [-0.1, -0.05) is 44.2 Å². The SMILES string of the molecule is CC1(C)CC(=O)C2=C(C1)c1c(ccc3ccccc13)NC2c1cc2c(cc1[N+](=O)[O-])OCO2. The molecule has 0 fully saturated rings. The van der Waals surface area contributed by atoms with E-state index in [-0.39, 0.29) is 23.7 Å². The number of nitrogens with one attached hydrogen (secondary N) is 1. The first-order chi connectivity index (χ1) is 15.8. The van der Waals surface area contributed by atoms with Gasteiger partial charge in [0.1, 0.15) is 0 Å². The summed E-state index contributed by atoms with van der Waals surface area (Å²) in [4.78, 5) is 25.2. The standard InChI is InChI=1S/C26H22N2O5/c1-26(2)11-17-23-15-6-4-3-5-14(15)7-8-18(23)27-25(24(17)20(29)12-26)16-9-21-22(33-13-32-21)10-19(16)28(30)31/h3-10,25,27H,11-13H2,1-2H3. The van der Waals surface area contributed by atoms with Crippen LogP contribution in [0, 0.1) is 15.5 Å². The molecule has 1 N–H and O–H groups in total. The molecular weight excluding hydrogens is 420 g/mol. The van der Waals surface area contributed by atoms with Crippen molar-refractivity contribution in [2.75, 3.05) is 12.1 Å². The average molecular weight is 442 g/mol. The maximum atomic E-state index is 13.6. The Bertz CT molecular complexity index is 1410. The number of hydrogen-bond donors (Lipinski definition) is 1. The maximum Gasteiger partial charge on any atom is 0.279 e. The molecule has 7 nitrogen and oxygen atoms in total. The van der Waals surface area contributed by atoms with E-state index in [1.54, 1.807) is 6.07 Å². The second-order valence-electron chi connectivity index (χ2n) is 9.64. The number of fused-ring (bicyclic) bond motifs is 5. The number of ketones is 1. The second kappa shape index (κ2) is 6.81. The van der Waals surface area contributed by atoms with Crippen molar-refractivity contribution in [3.8, 4) is 11.5 Å². The van der Waals surface area contributed by atoms with E-state index in [1.165, 1.54) is 6.07 Å². The van der Waals surface area contributed by atoms with Crippen molar-refractivity contribution in [2.24, 2.45) is 5.41 Å². The van der Waals surface area contributed by atoms with Crippen LogP contribution in [-0.4, -0.2) is 17.5 Å². The van der Waals surface area contributed by atoms with Crippen molar-refractivity contribution in [1.82, 2.24) is 0 Å². The molecule has 0 bridgehead atoms. The third-order valence-corrected chi connectivity index (χ3v) is 6.77. The van der Waals surface area contributed by atoms with Crippen LogP contribution in [0.2, 0.25) is 0 Å². The lowest BCUT2D eigenvalue weighted by molar-refractivity contribution is -0.385. The molecule has 1 aliphatic carbocycles. The van der Waals surface area contributed by atoms with Crippen LogP contribution in [0.3, 0.4) is 0 Å². The zero-order chi connectivity index (χ0) is 22.9. The van der Waals surface area contributed by atoms with E-state index in [2.05, 4.69) is 31.3 Å². The summed E-state index contributed by atoms with van der Waals surface area (Å²) in [6.45, 7) is 4.21. The number of carbonyl (C=O) groups excluding carboxylic acids is 1. The minimum atomic E-state index is -0.646. The van der Waals surface area contributed by atoms with Crippen molar-refractivity contribution in [1.29, 1.82) is 0 Å². The van der Waals surface area contributed by atoms with Gasteiger partial charge in [0.25, 0.3) is 5.69 Å². The number of Topliss-reactive ketones (excluding diaryl/α,β-unsaturated/α-hetero) is 1. The summed E-state index contributed by atoms with van der Waals surface area (Å²) >= 11 is 0. The van der Waals surface area contributed by atoms with Gasteiger partial charge < -0.3 is 14.8 Å². The molecule has 166 valence electrons. The van der Waals surface area contributed by atoms with E-state index < -0.39 is 11.0 Å². The predicted molar refractivity (Wildman–Crippen MR) is 124 cm³/mol. The van der Waals surface area contributed by atoms with Crippen molar-refractivity contribution in [3.63, 3.8) is 0 Å². The van der Waals surface area contributed by atoms with Gasteiger partial charge in [-0.05, 0) is 40.3 Å². The first kappa shape index (κ1) is 19.8. The predicted octanol–water partition coefficient (Wildman–Crippen LogP) is 5.79. The molecule has 0 spiro atoms. The molecule has 0 radical (unpaired) electrons. The smallest absolute Gasteiger partial charge is 0.279 e. The van der Waals surface area contributed by atoms with Crippen LogP contribution >= 0.6 is 0 Å². The Labute approximate surface area is 190 Å². The van der Waals surface area contributed by atoms with E-state index >= 15 is 0 Å². The Morgan fingerprint density at radius 2 is 1.82 bits per heavy atom. The van der Waals surface area contributed by atoms with Gasteiger partial charge in [0, 0.05) is 23.2 Å². The van der Waals surface area contributed by atoms with Crippen LogP contribution in [0.1, 0.15) is 43.9 Å². The van der Waals surface area contributed by atoms with Gasteiger partial charge in [-0.15, -0.1) is 0 Å². The van der Waals surface area contributed by atoms with Gasteiger partial charge in [-0.2, -0.15) is 0 Å². The van der Waals surface area contributed by atoms with E-state index in [4.69, 9.17) is 9.47 Å². The Morgan fingerprint density at radius 1 is 1.06 bits per heavy atom. The summed E-state index contributed by atoms with van der Waals surface area (Å²) in [6.07, 6.45) is 1.11. The number of nitro benzene ring substituents is 1. The highest BCUT2D eigenvalue weighted by atomic mass is 16.7. The number of anilines is 1. The number of ether oxygens (including phenoxy) is 2. The van der Waals surface area contributed by atoms with Crippen LogP contribution < -0.4 is 14.8 Å². The molecule has 2 aliphatic heterocycles. The zero-order valence-electron chi connectivity index (χ0n) is 18.3. The lowest BCUT2D eigenvalue weighted by Gasteiger charge is -2.40. The summed E-state index contributed by atoms with van der Waals surface area (Å²) in [6, 6.07) is 14.5. The monoisotopic (exact) mass is 442 g/mol. The van der Waals surface area contributed by atoms with Gasteiger partial charge in [-0.25, -0.2) is 0 Å². The van der Waals surface area contributed by atoms with Crippen LogP contribution in [-0.2, 0) is 4.79 Å². The molecule has 0 saturated heterocycles. The number of rotatable bonds is 2. The number of nitro groups is 1. The molecule has 3 aromatic carbocycles. The van der Waals surface area contributed by atoms with Gasteiger partial charge in [0.15, 0.2) is 17.3 Å². The molecule has 0 aromatic heterocycles. The molecule has 33 heavy (non-hydrogen) atoms. The van der Waals surface area contributed by atoms with Crippen LogP contribution in [0.4, 0.5) is 11.4 Å². The third-order valence-electron chi connectivity index (χ3n) is 6.77. The van der Waals surface area contributed by atoms with Crippen molar-refractivity contribution in [2.45, 2.75) is 32.7 Å². The Hall–Kier alpha value is -3.87. The zero-order valence-corrected chi connectivity index (χ0v) is 18.3. The highest BCUT2D eigenvalue weighted by Gasteiger charge is 2.43. The molecule has 3 aliphatic rings. The molecule has 0 amide bonds. The largest absolute Gasteiger partial charge is 0.454 e. The van der Waals surface area contributed by atoms with Gasteiger partial charge >= 0.3 is 0 Å². The molecule has 7 heteroatoms. The molecule has 1 unspecified atom stereocenters. The number of benzene rings is 3. The number of nitrogens with zero attached hydrogens (tertiary/aromatic N) is 1. The Kier molecular flexibility index (Phi) is 4.08. The Balaban J connectivity index is 1.64. The maximum absolute atomic E-state index is 13.6. The summed E-state index contributed by atoms with van der Waals surface area (Å²) in [5.41, 5.74) is 3.58. The third kappa shape index (κ3) is 2.99. The van der Waals surface area contributed by atoms with Crippen molar-refractivity contribution < 1.29 is 19.2 Å². The fourth-order valence-corrected chi connectivity index (χ4v) is 5.41. The van der Waals surface area contributed by atoms with Crippen LogP contribution in [0.5, 0.6) is 11.5 Å². The quantitative estimate of drug-likeness (QED) is 0.399. The van der Waals surface area contributed by atoms with E-state index in [9.17, 15) is 14.9 Å². The van der Waals surface area contributed by atoms with Crippen molar-refractivity contribution >= 4 is 33.5 Å². The number of allylic oxidation sites excluding steroid dienone is 1. The van der Waals surface area contributed by atoms with Gasteiger partial charge in [0.05, 0.1) is 22.6 Å². The summed E-state index contributed by atoms with van der Waals surface area (Å²) < 4.78 is 10.9. The van der Waals surface area contributed by atoms with E-state index in [0.717, 1.165) is 27.6 Å². The highest BCUT2D eigenvalue weighted by Crippen LogP contribution is 2.53. The first-order valence-corrected chi connectivity index (χ1v) is 11.0. The van der Waals surface area contributed by atoms with Gasteiger partial charge in [-0.3, -0.25) is 14.9 Å². The fourth-order valence-electron chi connectivity index (χ4n) is 5.41.